The molecule has 0 spiro atoms. The maximum absolute atomic E-state index is 12.2. The van der Waals surface area contributed by atoms with E-state index in [0.717, 1.165) is 37.1 Å². The highest BCUT2D eigenvalue weighted by Gasteiger charge is 2.21. The van der Waals surface area contributed by atoms with Crippen LogP contribution in [-0.4, -0.2) is 35.5 Å². The van der Waals surface area contributed by atoms with Crippen molar-refractivity contribution in [3.8, 4) is 0 Å². The number of amides is 2. The third kappa shape index (κ3) is 3.02. The molecule has 1 saturated heterocycles. The summed E-state index contributed by atoms with van der Waals surface area (Å²) in [7, 11) is 0. The molecule has 7 heteroatoms. The molecule has 2 N–H and O–H groups in total. The number of nitrogens with zero attached hydrogens (tertiary/aromatic N) is 3. The van der Waals surface area contributed by atoms with E-state index in [9.17, 15) is 4.79 Å². The lowest BCUT2D eigenvalue weighted by Crippen LogP contribution is -2.36. The van der Waals surface area contributed by atoms with Gasteiger partial charge in [-0.05, 0) is 54.6 Å². The Bertz CT molecular complexity index is 717. The monoisotopic (exact) mass is 329 g/mol. The smallest absolute Gasteiger partial charge is 0.319 e. The number of anilines is 2. The van der Waals surface area contributed by atoms with E-state index in [1.165, 1.54) is 32.1 Å². The van der Waals surface area contributed by atoms with Gasteiger partial charge in [-0.25, -0.2) is 9.42 Å². The van der Waals surface area contributed by atoms with E-state index >= 15 is 0 Å². The molecule has 7 nitrogen and oxygen atoms in total. The maximum atomic E-state index is 12.2. The number of carbonyl (C=O) groups excluding carboxylic acids is 1. The SMILES string of the molecule is O=C(Nc1ccc(N2CCCCC2)c2nonc12)NC1CCCC1. The molecular weight excluding hydrogens is 306 g/mol. The summed E-state index contributed by atoms with van der Waals surface area (Å²) < 4.78 is 4.95. The Morgan fingerprint density at radius 1 is 1.04 bits per heavy atom. The molecule has 1 aliphatic carbocycles. The number of hydrogen-bond donors (Lipinski definition) is 2. The highest BCUT2D eigenvalue weighted by molar-refractivity contribution is 6.02. The van der Waals surface area contributed by atoms with Gasteiger partial charge in [0.1, 0.15) is 0 Å². The van der Waals surface area contributed by atoms with Crippen LogP contribution in [0, 0.1) is 0 Å². The molecule has 1 aromatic heterocycles. The minimum absolute atomic E-state index is 0.183. The minimum Gasteiger partial charge on any atom is -0.370 e. The Labute approximate surface area is 140 Å². The summed E-state index contributed by atoms with van der Waals surface area (Å²) in [6.45, 7) is 2.05. The first kappa shape index (κ1) is 15.2. The first-order valence-corrected chi connectivity index (χ1v) is 8.89. The summed E-state index contributed by atoms with van der Waals surface area (Å²) in [6.07, 6.45) is 8.15. The lowest BCUT2D eigenvalue weighted by Gasteiger charge is -2.28. The first-order valence-electron chi connectivity index (χ1n) is 8.89. The van der Waals surface area contributed by atoms with Crippen LogP contribution in [0.15, 0.2) is 16.8 Å². The van der Waals surface area contributed by atoms with Crippen molar-refractivity contribution in [1.82, 2.24) is 15.6 Å². The highest BCUT2D eigenvalue weighted by atomic mass is 16.6. The lowest BCUT2D eigenvalue weighted by atomic mass is 10.1. The van der Waals surface area contributed by atoms with Crippen LogP contribution < -0.4 is 15.5 Å². The quantitative estimate of drug-likeness (QED) is 0.903. The van der Waals surface area contributed by atoms with Crippen molar-refractivity contribution < 1.29 is 9.42 Å². The molecule has 24 heavy (non-hydrogen) atoms. The number of fused-ring (bicyclic) bond motifs is 1. The molecule has 0 bridgehead atoms. The van der Waals surface area contributed by atoms with Crippen LogP contribution in [0.4, 0.5) is 16.2 Å². The number of piperidine rings is 1. The van der Waals surface area contributed by atoms with Crippen LogP contribution in [0.25, 0.3) is 11.0 Å². The predicted molar refractivity (Wildman–Crippen MR) is 92.3 cm³/mol. The van der Waals surface area contributed by atoms with E-state index in [2.05, 4.69) is 25.8 Å². The molecule has 0 radical (unpaired) electrons. The summed E-state index contributed by atoms with van der Waals surface area (Å²) >= 11 is 0. The largest absolute Gasteiger partial charge is 0.370 e. The van der Waals surface area contributed by atoms with Crippen LogP contribution in [0.2, 0.25) is 0 Å². The van der Waals surface area contributed by atoms with Crippen LogP contribution in [0.1, 0.15) is 44.9 Å². The predicted octanol–water partition coefficient (Wildman–Crippen LogP) is 3.28. The number of benzene rings is 1. The zero-order chi connectivity index (χ0) is 16.4. The van der Waals surface area contributed by atoms with Crippen molar-refractivity contribution in [3.63, 3.8) is 0 Å². The number of aromatic nitrogens is 2. The first-order chi connectivity index (χ1) is 11.8. The fourth-order valence-corrected chi connectivity index (χ4v) is 3.76. The van der Waals surface area contributed by atoms with Crippen LogP contribution in [0.3, 0.4) is 0 Å². The van der Waals surface area contributed by atoms with E-state index in [1.54, 1.807) is 0 Å². The topological polar surface area (TPSA) is 83.3 Å². The lowest BCUT2D eigenvalue weighted by molar-refractivity contribution is 0.248. The van der Waals surface area contributed by atoms with Gasteiger partial charge in [0.2, 0.25) is 0 Å². The van der Waals surface area contributed by atoms with Gasteiger partial charge in [-0.2, -0.15) is 0 Å². The number of hydrogen-bond acceptors (Lipinski definition) is 5. The summed E-state index contributed by atoms with van der Waals surface area (Å²) in [5.41, 5.74) is 3.01. The molecule has 0 atom stereocenters. The van der Waals surface area contributed by atoms with Gasteiger partial charge in [-0.3, -0.25) is 0 Å². The number of rotatable bonds is 3. The molecule has 2 heterocycles. The van der Waals surface area contributed by atoms with Gasteiger partial charge in [-0.15, -0.1) is 0 Å². The summed E-state index contributed by atoms with van der Waals surface area (Å²) in [5.74, 6) is 0. The zero-order valence-corrected chi connectivity index (χ0v) is 13.8. The Hall–Kier alpha value is -2.31. The van der Waals surface area contributed by atoms with Gasteiger partial charge < -0.3 is 15.5 Å². The fourth-order valence-electron chi connectivity index (χ4n) is 3.76. The molecule has 1 aliphatic heterocycles. The summed E-state index contributed by atoms with van der Waals surface area (Å²) in [4.78, 5) is 14.5. The second kappa shape index (κ2) is 6.67. The van der Waals surface area contributed by atoms with Crippen molar-refractivity contribution in [1.29, 1.82) is 0 Å². The standard InChI is InChI=1S/C17H23N5O2/c23-17(18-12-6-2-3-7-12)19-13-8-9-14(16-15(13)20-24-21-16)22-10-4-1-5-11-22/h8-9,12H,1-7,10-11H2,(H2,18,19,23). The second-order valence-corrected chi connectivity index (χ2v) is 6.72. The molecule has 2 amide bonds. The Morgan fingerprint density at radius 3 is 2.58 bits per heavy atom. The van der Waals surface area contributed by atoms with Gasteiger partial charge in [-0.1, -0.05) is 12.8 Å². The van der Waals surface area contributed by atoms with Gasteiger partial charge >= 0.3 is 6.03 Å². The van der Waals surface area contributed by atoms with Crippen LogP contribution >= 0.6 is 0 Å². The zero-order valence-electron chi connectivity index (χ0n) is 13.8. The van der Waals surface area contributed by atoms with Gasteiger partial charge in [0.15, 0.2) is 11.0 Å². The van der Waals surface area contributed by atoms with Gasteiger partial charge in [0.05, 0.1) is 11.4 Å². The van der Waals surface area contributed by atoms with Crippen LogP contribution in [0.5, 0.6) is 0 Å². The van der Waals surface area contributed by atoms with Crippen molar-refractivity contribution in [2.45, 2.75) is 51.0 Å². The van der Waals surface area contributed by atoms with Crippen molar-refractivity contribution in [2.75, 3.05) is 23.3 Å². The van der Waals surface area contributed by atoms with Crippen molar-refractivity contribution >= 4 is 28.4 Å². The third-order valence-electron chi connectivity index (χ3n) is 5.03. The van der Waals surface area contributed by atoms with Crippen LogP contribution in [-0.2, 0) is 0 Å². The Morgan fingerprint density at radius 2 is 1.79 bits per heavy atom. The van der Waals surface area contributed by atoms with E-state index in [4.69, 9.17) is 4.63 Å². The second-order valence-electron chi connectivity index (χ2n) is 6.72. The molecule has 2 aliphatic rings. The van der Waals surface area contributed by atoms with E-state index < -0.39 is 0 Å². The number of urea groups is 1. The minimum atomic E-state index is -0.183. The highest BCUT2D eigenvalue weighted by Crippen LogP contribution is 2.31. The Balaban J connectivity index is 1.53. The fraction of sp³-hybridized carbons (Fsp3) is 0.588. The van der Waals surface area contributed by atoms with E-state index in [1.807, 2.05) is 12.1 Å². The molecule has 4 rings (SSSR count). The van der Waals surface area contributed by atoms with Crippen molar-refractivity contribution in [2.24, 2.45) is 0 Å². The molecule has 1 saturated carbocycles. The van der Waals surface area contributed by atoms with Crippen molar-refractivity contribution in [3.05, 3.63) is 12.1 Å². The van der Waals surface area contributed by atoms with Gasteiger partial charge in [0.25, 0.3) is 0 Å². The average molecular weight is 329 g/mol. The summed E-state index contributed by atoms with van der Waals surface area (Å²) in [5, 5.41) is 14.0. The molecule has 2 aromatic rings. The number of nitrogens with one attached hydrogen (secondary N) is 2. The third-order valence-corrected chi connectivity index (χ3v) is 5.03. The average Bonchev–Trinajstić information content (AvgIpc) is 3.27. The molecular formula is C17H23N5O2. The normalized spacial score (nSPS) is 18.9. The van der Waals surface area contributed by atoms with Gasteiger partial charge in [0, 0.05) is 19.1 Å². The maximum Gasteiger partial charge on any atom is 0.319 e. The Kier molecular flexibility index (Phi) is 4.23. The molecule has 2 fully saturated rings. The molecule has 1 aromatic carbocycles. The van der Waals surface area contributed by atoms with E-state index in [0.29, 0.717) is 11.2 Å². The molecule has 0 unspecified atom stereocenters. The number of carbonyl (C=O) groups is 1. The molecule has 128 valence electrons. The van der Waals surface area contributed by atoms with E-state index in [-0.39, 0.29) is 12.1 Å². The summed E-state index contributed by atoms with van der Waals surface area (Å²) in [6, 6.07) is 3.99.